The van der Waals surface area contributed by atoms with Crippen LogP contribution in [0.5, 0.6) is 0 Å². The molecule has 0 amide bonds. The molecule has 0 fully saturated rings. The normalized spacial score (nSPS) is 12.7. The SMILES string of the molecule is Cc1ccc(C(C)c2nnc(N)s2)cc1C. The first-order valence-corrected chi connectivity index (χ1v) is 6.05. The standard InChI is InChI=1S/C12H15N3S/c1-7-4-5-10(6-8(7)2)9(3)11-14-15-12(13)16-11/h4-6,9H,1-3H3,(H2,13,15). The third-order valence-corrected chi connectivity index (χ3v) is 3.79. The van der Waals surface area contributed by atoms with E-state index in [0.29, 0.717) is 5.13 Å². The second-order valence-electron chi connectivity index (χ2n) is 4.04. The van der Waals surface area contributed by atoms with Crippen molar-refractivity contribution >= 4 is 16.5 Å². The van der Waals surface area contributed by atoms with E-state index in [-0.39, 0.29) is 5.92 Å². The number of nitrogens with zero attached hydrogens (tertiary/aromatic N) is 2. The molecular weight excluding hydrogens is 218 g/mol. The van der Waals surface area contributed by atoms with Crippen molar-refractivity contribution in [1.29, 1.82) is 0 Å². The quantitative estimate of drug-likeness (QED) is 0.867. The second kappa shape index (κ2) is 4.22. The highest BCUT2D eigenvalue weighted by molar-refractivity contribution is 7.15. The lowest BCUT2D eigenvalue weighted by atomic mass is 9.98. The molecule has 0 spiro atoms. The summed E-state index contributed by atoms with van der Waals surface area (Å²) in [5.74, 6) is 0.258. The fourth-order valence-electron chi connectivity index (χ4n) is 1.60. The Morgan fingerprint density at radius 1 is 1.19 bits per heavy atom. The van der Waals surface area contributed by atoms with Gasteiger partial charge in [0.15, 0.2) is 0 Å². The fourth-order valence-corrected chi connectivity index (χ4v) is 2.29. The number of benzene rings is 1. The smallest absolute Gasteiger partial charge is 0.203 e. The molecule has 4 heteroatoms. The zero-order valence-corrected chi connectivity index (χ0v) is 10.5. The van der Waals surface area contributed by atoms with Gasteiger partial charge in [-0.3, -0.25) is 0 Å². The maximum Gasteiger partial charge on any atom is 0.203 e. The maximum absolute atomic E-state index is 5.59. The number of hydrogen-bond acceptors (Lipinski definition) is 4. The van der Waals surface area contributed by atoms with Crippen molar-refractivity contribution in [2.45, 2.75) is 26.7 Å². The Labute approximate surface area is 99.3 Å². The van der Waals surface area contributed by atoms with Crippen molar-refractivity contribution in [3.8, 4) is 0 Å². The van der Waals surface area contributed by atoms with E-state index in [1.165, 1.54) is 28.0 Å². The van der Waals surface area contributed by atoms with Gasteiger partial charge < -0.3 is 5.73 Å². The number of rotatable bonds is 2. The first-order chi connectivity index (χ1) is 7.58. The number of anilines is 1. The number of nitrogen functional groups attached to an aromatic ring is 1. The molecule has 3 nitrogen and oxygen atoms in total. The predicted molar refractivity (Wildman–Crippen MR) is 67.8 cm³/mol. The molecule has 84 valence electrons. The molecule has 0 aliphatic heterocycles. The summed E-state index contributed by atoms with van der Waals surface area (Å²) in [6, 6.07) is 6.49. The van der Waals surface area contributed by atoms with Gasteiger partial charge in [0.25, 0.3) is 0 Å². The van der Waals surface area contributed by atoms with E-state index in [0.717, 1.165) is 5.01 Å². The van der Waals surface area contributed by atoms with Crippen LogP contribution in [0.15, 0.2) is 18.2 Å². The highest BCUT2D eigenvalue weighted by Crippen LogP contribution is 2.28. The van der Waals surface area contributed by atoms with Gasteiger partial charge in [0.1, 0.15) is 5.01 Å². The van der Waals surface area contributed by atoms with Gasteiger partial charge >= 0.3 is 0 Å². The number of hydrogen-bond donors (Lipinski definition) is 1. The van der Waals surface area contributed by atoms with Crippen LogP contribution >= 0.6 is 11.3 Å². The molecule has 0 radical (unpaired) electrons. The van der Waals surface area contributed by atoms with Crippen LogP contribution in [-0.4, -0.2) is 10.2 Å². The van der Waals surface area contributed by atoms with E-state index >= 15 is 0 Å². The Hall–Kier alpha value is -1.42. The van der Waals surface area contributed by atoms with Gasteiger partial charge in [-0.25, -0.2) is 0 Å². The Morgan fingerprint density at radius 3 is 2.50 bits per heavy atom. The molecule has 1 unspecified atom stereocenters. The highest BCUT2D eigenvalue weighted by Gasteiger charge is 2.13. The van der Waals surface area contributed by atoms with Crippen LogP contribution < -0.4 is 5.73 Å². The van der Waals surface area contributed by atoms with Crippen LogP contribution in [0.2, 0.25) is 0 Å². The van der Waals surface area contributed by atoms with Gasteiger partial charge in [-0.1, -0.05) is 36.5 Å². The summed E-state index contributed by atoms with van der Waals surface area (Å²) in [4.78, 5) is 0. The highest BCUT2D eigenvalue weighted by atomic mass is 32.1. The average Bonchev–Trinajstić information content (AvgIpc) is 2.68. The van der Waals surface area contributed by atoms with E-state index in [9.17, 15) is 0 Å². The van der Waals surface area contributed by atoms with Gasteiger partial charge in [-0.05, 0) is 30.5 Å². The molecule has 2 N–H and O–H groups in total. The summed E-state index contributed by atoms with van der Waals surface area (Å²) in [7, 11) is 0. The lowest BCUT2D eigenvalue weighted by Gasteiger charge is -2.10. The molecule has 0 aliphatic rings. The molecule has 0 saturated heterocycles. The van der Waals surface area contributed by atoms with Gasteiger partial charge in [-0.2, -0.15) is 0 Å². The van der Waals surface area contributed by atoms with Gasteiger partial charge in [0.05, 0.1) is 0 Å². The molecule has 1 heterocycles. The molecule has 2 aromatic rings. The molecule has 0 aliphatic carbocycles. The van der Waals surface area contributed by atoms with Gasteiger partial charge in [0.2, 0.25) is 5.13 Å². The van der Waals surface area contributed by atoms with E-state index in [4.69, 9.17) is 5.73 Å². The fraction of sp³-hybridized carbons (Fsp3) is 0.333. The first kappa shape index (κ1) is 11.1. The lowest BCUT2D eigenvalue weighted by molar-refractivity contribution is 0.867. The van der Waals surface area contributed by atoms with E-state index in [1.54, 1.807) is 0 Å². The molecule has 0 bridgehead atoms. The Kier molecular flexibility index (Phi) is 2.92. The van der Waals surface area contributed by atoms with Crippen molar-refractivity contribution < 1.29 is 0 Å². The van der Waals surface area contributed by atoms with E-state index < -0.39 is 0 Å². The third-order valence-electron chi connectivity index (χ3n) is 2.86. The predicted octanol–water partition coefficient (Wildman–Crippen LogP) is 2.89. The zero-order chi connectivity index (χ0) is 11.7. The van der Waals surface area contributed by atoms with Crippen molar-refractivity contribution in [3.05, 3.63) is 39.9 Å². The van der Waals surface area contributed by atoms with Crippen LogP contribution in [0.3, 0.4) is 0 Å². The van der Waals surface area contributed by atoms with Crippen LogP contribution in [0.4, 0.5) is 5.13 Å². The van der Waals surface area contributed by atoms with Crippen LogP contribution in [0.25, 0.3) is 0 Å². The van der Waals surface area contributed by atoms with E-state index in [1.807, 2.05) is 0 Å². The zero-order valence-electron chi connectivity index (χ0n) is 9.69. The molecule has 16 heavy (non-hydrogen) atoms. The summed E-state index contributed by atoms with van der Waals surface area (Å²) < 4.78 is 0. The minimum atomic E-state index is 0.258. The van der Waals surface area contributed by atoms with Crippen molar-refractivity contribution in [2.24, 2.45) is 0 Å². The first-order valence-electron chi connectivity index (χ1n) is 5.24. The average molecular weight is 233 g/mol. The molecule has 0 saturated carbocycles. The topological polar surface area (TPSA) is 51.8 Å². The summed E-state index contributed by atoms with van der Waals surface area (Å²) in [6.45, 7) is 6.37. The summed E-state index contributed by atoms with van der Waals surface area (Å²) in [5.41, 5.74) is 9.48. The van der Waals surface area contributed by atoms with Gasteiger partial charge in [0, 0.05) is 5.92 Å². The Balaban J connectivity index is 2.33. The second-order valence-corrected chi connectivity index (χ2v) is 5.08. The lowest BCUT2D eigenvalue weighted by Crippen LogP contribution is -1.96. The Bertz CT molecular complexity index is 505. The summed E-state index contributed by atoms with van der Waals surface area (Å²) in [5, 5.41) is 9.44. The molecular formula is C12H15N3S. The summed E-state index contributed by atoms with van der Waals surface area (Å²) >= 11 is 1.46. The van der Waals surface area contributed by atoms with Gasteiger partial charge in [-0.15, -0.1) is 10.2 Å². The van der Waals surface area contributed by atoms with Crippen LogP contribution in [0, 0.1) is 13.8 Å². The van der Waals surface area contributed by atoms with Crippen molar-refractivity contribution in [1.82, 2.24) is 10.2 Å². The van der Waals surface area contributed by atoms with Crippen LogP contribution in [0.1, 0.15) is 34.5 Å². The molecule has 1 aromatic heterocycles. The van der Waals surface area contributed by atoms with Crippen LogP contribution in [-0.2, 0) is 0 Å². The molecule has 2 rings (SSSR count). The number of aromatic nitrogens is 2. The Morgan fingerprint density at radius 2 is 1.94 bits per heavy atom. The summed E-state index contributed by atoms with van der Waals surface area (Å²) in [6.07, 6.45) is 0. The third kappa shape index (κ3) is 2.07. The van der Waals surface area contributed by atoms with Crippen molar-refractivity contribution in [2.75, 3.05) is 5.73 Å². The van der Waals surface area contributed by atoms with E-state index in [2.05, 4.69) is 49.2 Å². The molecule has 1 atom stereocenters. The van der Waals surface area contributed by atoms with Crippen molar-refractivity contribution in [3.63, 3.8) is 0 Å². The number of aryl methyl sites for hydroxylation is 2. The minimum absolute atomic E-state index is 0.258. The molecule has 1 aromatic carbocycles. The monoisotopic (exact) mass is 233 g/mol. The maximum atomic E-state index is 5.59. The number of nitrogens with two attached hydrogens (primary N) is 1. The largest absolute Gasteiger partial charge is 0.374 e. The minimum Gasteiger partial charge on any atom is -0.374 e.